The number of carbonyl (C=O) groups is 1. The Balaban J connectivity index is 1.79. The Kier molecular flexibility index (Phi) is 7.23. The van der Waals surface area contributed by atoms with E-state index in [0.29, 0.717) is 18.2 Å². The lowest BCUT2D eigenvalue weighted by molar-refractivity contribution is 0.155. The molecule has 0 saturated heterocycles. The van der Waals surface area contributed by atoms with Crippen LogP contribution in [0, 0.1) is 40.5 Å². The Bertz CT molecular complexity index is 1070. The number of hydrogen-bond acceptors (Lipinski definition) is 5. The first-order valence-electron chi connectivity index (χ1n) is 10.9. The molecular weight excluding hydrogens is 404 g/mol. The number of ether oxygens (including phenoxy) is 2. The summed E-state index contributed by atoms with van der Waals surface area (Å²) in [7, 11) is 0. The summed E-state index contributed by atoms with van der Waals surface area (Å²) in [4.78, 5) is 12.1. The fourth-order valence-corrected chi connectivity index (χ4v) is 3.69. The van der Waals surface area contributed by atoms with E-state index in [4.69, 9.17) is 14.0 Å². The predicted octanol–water partition coefficient (Wildman–Crippen LogP) is 7.27. The highest BCUT2D eigenvalue weighted by atomic mass is 16.5. The number of anilines is 1. The Hall–Kier alpha value is -3.28. The summed E-state index contributed by atoms with van der Waals surface area (Å²) in [5.41, 5.74) is 6.45. The summed E-state index contributed by atoms with van der Waals surface area (Å²) < 4.78 is 16.9. The van der Waals surface area contributed by atoms with E-state index in [9.17, 15) is 4.79 Å². The van der Waals surface area contributed by atoms with Crippen LogP contribution in [0.1, 0.15) is 48.4 Å². The van der Waals surface area contributed by atoms with Gasteiger partial charge >= 0.3 is 6.09 Å². The van der Waals surface area contributed by atoms with Crippen molar-refractivity contribution in [3.63, 3.8) is 0 Å². The molecule has 6 nitrogen and oxygen atoms in total. The van der Waals surface area contributed by atoms with Crippen LogP contribution >= 0.6 is 0 Å². The molecule has 0 aliphatic carbocycles. The average Bonchev–Trinajstić information content (AvgIpc) is 3.02. The molecule has 0 aliphatic heterocycles. The third-order valence-electron chi connectivity index (χ3n) is 5.23. The summed E-state index contributed by atoms with van der Waals surface area (Å²) in [6.45, 7) is 14.4. The molecule has 2 aromatic carbocycles. The minimum absolute atomic E-state index is 0.406. The molecule has 0 atom stereocenters. The van der Waals surface area contributed by atoms with Crippen LogP contribution in [-0.4, -0.2) is 17.9 Å². The molecule has 1 N–H and O–H groups in total. The van der Waals surface area contributed by atoms with Crippen LogP contribution < -0.4 is 10.1 Å². The molecule has 1 aromatic heterocycles. The lowest BCUT2D eigenvalue weighted by Gasteiger charge is -2.16. The van der Waals surface area contributed by atoms with Gasteiger partial charge in [-0.1, -0.05) is 25.1 Å². The van der Waals surface area contributed by atoms with E-state index in [1.54, 1.807) is 0 Å². The van der Waals surface area contributed by atoms with E-state index >= 15 is 0 Å². The number of nitrogens with one attached hydrogen (secondary N) is 1. The Morgan fingerprint density at radius 1 is 1.03 bits per heavy atom. The zero-order valence-corrected chi connectivity index (χ0v) is 20.0. The van der Waals surface area contributed by atoms with Gasteiger partial charge in [0, 0.05) is 11.3 Å². The lowest BCUT2D eigenvalue weighted by atomic mass is 10.0. The SMILES string of the molecule is Cc1cc(Oc2c(C)cc(NC(=O)OCCC(C)C)cc2C)cc(-c2c(C)noc2C)c1. The minimum atomic E-state index is -0.444. The third-order valence-corrected chi connectivity index (χ3v) is 5.23. The Labute approximate surface area is 189 Å². The van der Waals surface area contributed by atoms with Gasteiger partial charge in [-0.25, -0.2) is 4.79 Å². The van der Waals surface area contributed by atoms with Crippen molar-refractivity contribution in [1.29, 1.82) is 0 Å². The lowest BCUT2D eigenvalue weighted by Crippen LogP contribution is -2.15. The molecule has 1 heterocycles. The molecule has 6 heteroatoms. The predicted molar refractivity (Wildman–Crippen MR) is 127 cm³/mol. The Morgan fingerprint density at radius 3 is 2.31 bits per heavy atom. The normalized spacial score (nSPS) is 11.0. The molecule has 1 amide bonds. The molecule has 0 unspecified atom stereocenters. The standard InChI is InChI=1S/C26H32N2O4/c1-15(2)8-9-30-26(29)27-22-12-17(4)25(18(5)13-22)31-23-11-16(3)10-21(14-23)24-19(6)28-32-20(24)7/h10-15H,8-9H2,1-7H3,(H,27,29). The minimum Gasteiger partial charge on any atom is -0.457 e. The van der Waals surface area contributed by atoms with Crippen LogP contribution in [0.25, 0.3) is 11.1 Å². The van der Waals surface area contributed by atoms with Gasteiger partial charge in [0.25, 0.3) is 0 Å². The second-order valence-corrected chi connectivity index (χ2v) is 8.72. The molecule has 0 bridgehead atoms. The molecule has 32 heavy (non-hydrogen) atoms. The van der Waals surface area contributed by atoms with Crippen LogP contribution in [0.5, 0.6) is 11.5 Å². The molecule has 3 rings (SSSR count). The van der Waals surface area contributed by atoms with Crippen molar-refractivity contribution >= 4 is 11.8 Å². The van der Waals surface area contributed by atoms with E-state index in [2.05, 4.69) is 30.4 Å². The monoisotopic (exact) mass is 436 g/mol. The second kappa shape index (κ2) is 9.90. The van der Waals surface area contributed by atoms with E-state index in [-0.39, 0.29) is 0 Å². The maximum Gasteiger partial charge on any atom is 0.411 e. The number of aromatic nitrogens is 1. The first-order chi connectivity index (χ1) is 15.1. The summed E-state index contributed by atoms with van der Waals surface area (Å²) in [6.07, 6.45) is 0.394. The molecule has 0 saturated carbocycles. The van der Waals surface area contributed by atoms with Crippen LogP contribution in [0.15, 0.2) is 34.9 Å². The van der Waals surface area contributed by atoms with Gasteiger partial charge in [-0.2, -0.15) is 0 Å². The number of benzene rings is 2. The van der Waals surface area contributed by atoms with E-state index in [0.717, 1.165) is 57.2 Å². The maximum absolute atomic E-state index is 12.1. The number of aryl methyl sites for hydroxylation is 5. The van der Waals surface area contributed by atoms with Gasteiger partial charge < -0.3 is 14.0 Å². The highest BCUT2D eigenvalue weighted by Crippen LogP contribution is 2.35. The van der Waals surface area contributed by atoms with Gasteiger partial charge in [0.15, 0.2) is 0 Å². The number of amides is 1. The highest BCUT2D eigenvalue weighted by Gasteiger charge is 2.15. The van der Waals surface area contributed by atoms with Gasteiger partial charge in [-0.15, -0.1) is 0 Å². The maximum atomic E-state index is 12.1. The van der Waals surface area contributed by atoms with Gasteiger partial charge in [-0.05, 0) is 93.5 Å². The smallest absolute Gasteiger partial charge is 0.411 e. The van der Waals surface area contributed by atoms with E-state index in [1.807, 2.05) is 58.9 Å². The van der Waals surface area contributed by atoms with Crippen molar-refractivity contribution < 1.29 is 18.8 Å². The van der Waals surface area contributed by atoms with Crippen LogP contribution in [-0.2, 0) is 4.74 Å². The largest absolute Gasteiger partial charge is 0.457 e. The van der Waals surface area contributed by atoms with Crippen molar-refractivity contribution in [3.8, 4) is 22.6 Å². The highest BCUT2D eigenvalue weighted by molar-refractivity contribution is 5.85. The van der Waals surface area contributed by atoms with Crippen LogP contribution in [0.2, 0.25) is 0 Å². The van der Waals surface area contributed by atoms with E-state index < -0.39 is 6.09 Å². The van der Waals surface area contributed by atoms with Crippen molar-refractivity contribution in [2.24, 2.45) is 5.92 Å². The van der Waals surface area contributed by atoms with Gasteiger partial charge in [-0.3, -0.25) is 5.32 Å². The van der Waals surface area contributed by atoms with Crippen molar-refractivity contribution in [2.45, 2.75) is 54.9 Å². The summed E-state index contributed by atoms with van der Waals surface area (Å²) in [5.74, 6) is 2.77. The summed E-state index contributed by atoms with van der Waals surface area (Å²) in [5, 5.41) is 6.87. The van der Waals surface area contributed by atoms with Gasteiger partial charge in [0.2, 0.25) is 0 Å². The van der Waals surface area contributed by atoms with Crippen molar-refractivity contribution in [2.75, 3.05) is 11.9 Å². The Morgan fingerprint density at radius 2 is 1.72 bits per heavy atom. The summed E-state index contributed by atoms with van der Waals surface area (Å²) >= 11 is 0. The van der Waals surface area contributed by atoms with Crippen LogP contribution in [0.4, 0.5) is 10.5 Å². The fraction of sp³-hybridized carbons (Fsp3) is 0.385. The molecule has 170 valence electrons. The van der Waals surface area contributed by atoms with Gasteiger partial charge in [0.1, 0.15) is 17.3 Å². The topological polar surface area (TPSA) is 73.6 Å². The molecule has 0 fully saturated rings. The second-order valence-electron chi connectivity index (χ2n) is 8.72. The molecule has 3 aromatic rings. The number of carbonyl (C=O) groups excluding carboxylic acids is 1. The van der Waals surface area contributed by atoms with Gasteiger partial charge in [0.05, 0.1) is 12.3 Å². The van der Waals surface area contributed by atoms with Crippen molar-refractivity contribution in [3.05, 3.63) is 58.5 Å². The zero-order chi connectivity index (χ0) is 23.4. The molecule has 0 spiro atoms. The third kappa shape index (κ3) is 5.69. The average molecular weight is 437 g/mol. The molecule has 0 radical (unpaired) electrons. The van der Waals surface area contributed by atoms with Crippen molar-refractivity contribution in [1.82, 2.24) is 5.16 Å². The summed E-state index contributed by atoms with van der Waals surface area (Å²) in [6, 6.07) is 9.86. The first-order valence-corrected chi connectivity index (χ1v) is 10.9. The number of nitrogens with zero attached hydrogens (tertiary/aromatic N) is 1. The van der Waals surface area contributed by atoms with E-state index in [1.165, 1.54) is 0 Å². The number of rotatable bonds is 7. The molecule has 0 aliphatic rings. The zero-order valence-electron chi connectivity index (χ0n) is 20.0. The molecular formula is C26H32N2O4. The van der Waals surface area contributed by atoms with Crippen LogP contribution in [0.3, 0.4) is 0 Å². The first kappa shape index (κ1) is 23.4. The quantitative estimate of drug-likeness (QED) is 0.421. The fourth-order valence-electron chi connectivity index (χ4n) is 3.69. The number of hydrogen-bond donors (Lipinski definition) is 1.